The minimum absolute atomic E-state index is 0.0143. The van der Waals surface area contributed by atoms with Gasteiger partial charge in [0.05, 0.1) is 33.9 Å². The second-order valence-electron chi connectivity index (χ2n) is 10.9. The molecule has 2 fully saturated rings. The van der Waals surface area contributed by atoms with Crippen molar-refractivity contribution >= 4 is 34.2 Å². The van der Waals surface area contributed by atoms with Gasteiger partial charge in [-0.2, -0.15) is 13.2 Å². The van der Waals surface area contributed by atoms with E-state index in [0.717, 1.165) is 17.3 Å². The number of amides is 1. The highest BCUT2D eigenvalue weighted by molar-refractivity contribution is 6.33. The lowest BCUT2D eigenvalue weighted by Gasteiger charge is -2.41. The molecular weight excluding hydrogens is 521 g/mol. The van der Waals surface area contributed by atoms with E-state index in [2.05, 4.69) is 15.2 Å². The van der Waals surface area contributed by atoms with E-state index in [9.17, 15) is 23.1 Å². The third-order valence-electron chi connectivity index (χ3n) is 8.25. The second-order valence-corrected chi connectivity index (χ2v) is 11.3. The molecule has 6 rings (SSSR count). The lowest BCUT2D eigenvalue weighted by molar-refractivity contribution is -0.136. The Kier molecular flexibility index (Phi) is 5.93. The first-order valence-corrected chi connectivity index (χ1v) is 13.1. The topological polar surface area (TPSA) is 79.6 Å². The van der Waals surface area contributed by atoms with E-state index in [1.165, 1.54) is 17.0 Å². The molecule has 1 amide bonds. The van der Waals surface area contributed by atoms with Crippen LogP contribution in [0.5, 0.6) is 5.75 Å². The van der Waals surface area contributed by atoms with Gasteiger partial charge in [0.1, 0.15) is 12.4 Å². The van der Waals surface area contributed by atoms with E-state index in [1.54, 1.807) is 13.0 Å². The van der Waals surface area contributed by atoms with Crippen molar-refractivity contribution in [2.45, 2.75) is 55.8 Å². The Hall–Kier alpha value is -2.82. The number of anilines is 1. The van der Waals surface area contributed by atoms with Gasteiger partial charge < -0.3 is 19.7 Å². The number of carbonyl (C=O) groups is 1. The number of ether oxygens (including phenoxy) is 1. The SMILES string of the molecule is CC1(O)CC(n2cnc3cc(OCCN4CCC5(CC4)C(=O)Nc4cccc(Cl)c45)cc(C(F)(F)F)c32)C1. The molecule has 38 heavy (non-hydrogen) atoms. The molecule has 0 atom stereocenters. The number of carbonyl (C=O) groups excluding carboxylic acids is 1. The van der Waals surface area contributed by atoms with Crippen LogP contribution >= 0.6 is 11.6 Å². The van der Waals surface area contributed by atoms with Gasteiger partial charge in [-0.3, -0.25) is 9.69 Å². The Morgan fingerprint density at radius 2 is 1.97 bits per heavy atom. The van der Waals surface area contributed by atoms with Crippen LogP contribution in [0.15, 0.2) is 36.7 Å². The van der Waals surface area contributed by atoms with Crippen molar-refractivity contribution in [2.75, 3.05) is 31.6 Å². The molecule has 1 spiro atoms. The standard InChI is InChI=1S/C27H28ClF3N4O3/c1-25(37)13-16(14-25)35-15-32-21-12-17(11-18(23(21)35)27(29,30)31)38-10-9-34-7-5-26(6-8-34)22-19(28)3-2-4-20(22)33-24(26)36/h2-4,11-12,15-16,37H,5-10,13-14H2,1H3,(H,33,36). The van der Waals surface area contributed by atoms with Crippen molar-refractivity contribution in [2.24, 2.45) is 0 Å². The zero-order chi connectivity index (χ0) is 26.9. The third kappa shape index (κ3) is 4.23. The van der Waals surface area contributed by atoms with E-state index in [4.69, 9.17) is 16.3 Å². The minimum atomic E-state index is -4.58. The van der Waals surface area contributed by atoms with E-state index < -0.39 is 22.8 Å². The molecule has 3 aliphatic rings. The molecule has 1 saturated carbocycles. The van der Waals surface area contributed by atoms with Gasteiger partial charge in [0.25, 0.3) is 0 Å². The molecular formula is C27H28ClF3N4O3. The molecule has 11 heteroatoms. The first-order valence-electron chi connectivity index (χ1n) is 12.7. The summed E-state index contributed by atoms with van der Waals surface area (Å²) in [5.41, 5.74) is -0.458. The van der Waals surface area contributed by atoms with Crippen LogP contribution in [0.25, 0.3) is 11.0 Å². The Balaban J connectivity index is 1.13. The van der Waals surface area contributed by atoms with Gasteiger partial charge in [-0.15, -0.1) is 0 Å². The van der Waals surface area contributed by atoms with Gasteiger partial charge in [-0.1, -0.05) is 17.7 Å². The molecule has 2 N–H and O–H groups in total. The summed E-state index contributed by atoms with van der Waals surface area (Å²) >= 11 is 6.45. The summed E-state index contributed by atoms with van der Waals surface area (Å²) in [7, 11) is 0. The van der Waals surface area contributed by atoms with Crippen molar-refractivity contribution < 1.29 is 27.8 Å². The first-order chi connectivity index (χ1) is 18.0. The minimum Gasteiger partial charge on any atom is -0.492 e. The molecule has 1 aromatic heterocycles. The fourth-order valence-corrected chi connectivity index (χ4v) is 6.63. The van der Waals surface area contributed by atoms with Crippen LogP contribution in [0.2, 0.25) is 5.02 Å². The highest BCUT2D eigenvalue weighted by Crippen LogP contribution is 2.48. The summed E-state index contributed by atoms with van der Waals surface area (Å²) < 4.78 is 49.4. The lowest BCUT2D eigenvalue weighted by atomic mass is 9.73. The number of piperidine rings is 1. The molecule has 2 aliphatic heterocycles. The summed E-state index contributed by atoms with van der Waals surface area (Å²) in [5.74, 6) is 0.0782. The normalized spacial score (nSPS) is 24.9. The maximum absolute atomic E-state index is 14.0. The molecule has 3 aromatic rings. The van der Waals surface area contributed by atoms with Crippen LogP contribution in [0.4, 0.5) is 18.9 Å². The molecule has 1 saturated heterocycles. The van der Waals surface area contributed by atoms with Crippen LogP contribution in [-0.2, 0) is 16.4 Å². The molecule has 0 radical (unpaired) electrons. The number of rotatable bonds is 5. The number of nitrogens with zero attached hydrogens (tertiary/aromatic N) is 3. The fourth-order valence-electron chi connectivity index (χ4n) is 6.27. The fraction of sp³-hybridized carbons (Fsp3) is 0.481. The van der Waals surface area contributed by atoms with Crippen LogP contribution in [0.1, 0.15) is 49.8 Å². The zero-order valence-corrected chi connectivity index (χ0v) is 21.6. The molecule has 0 unspecified atom stereocenters. The van der Waals surface area contributed by atoms with Crippen molar-refractivity contribution in [3.63, 3.8) is 0 Å². The number of halogens is 4. The number of likely N-dealkylation sites (tertiary alicyclic amines) is 1. The van der Waals surface area contributed by atoms with Crippen LogP contribution in [-0.4, -0.2) is 57.3 Å². The highest BCUT2D eigenvalue weighted by Gasteiger charge is 2.49. The molecule has 0 bridgehead atoms. The number of aliphatic hydroxyl groups is 1. The Morgan fingerprint density at radius 1 is 1.24 bits per heavy atom. The Morgan fingerprint density at radius 3 is 2.66 bits per heavy atom. The number of fused-ring (bicyclic) bond motifs is 3. The number of hydrogen-bond donors (Lipinski definition) is 2. The monoisotopic (exact) mass is 548 g/mol. The van der Waals surface area contributed by atoms with Gasteiger partial charge in [0.15, 0.2) is 0 Å². The lowest BCUT2D eigenvalue weighted by Crippen LogP contribution is -2.47. The highest BCUT2D eigenvalue weighted by atomic mass is 35.5. The predicted octanol–water partition coefficient (Wildman–Crippen LogP) is 5.16. The van der Waals surface area contributed by atoms with Crippen LogP contribution in [0.3, 0.4) is 0 Å². The molecule has 7 nitrogen and oxygen atoms in total. The zero-order valence-electron chi connectivity index (χ0n) is 20.8. The van der Waals surface area contributed by atoms with Crippen LogP contribution < -0.4 is 10.1 Å². The van der Waals surface area contributed by atoms with E-state index in [1.807, 2.05) is 12.1 Å². The number of aromatic nitrogens is 2. The quantitative estimate of drug-likeness (QED) is 0.460. The molecule has 2 aromatic carbocycles. The largest absolute Gasteiger partial charge is 0.492 e. The summed E-state index contributed by atoms with van der Waals surface area (Å²) in [6, 6.07) is 7.81. The van der Waals surface area contributed by atoms with Crippen LogP contribution in [0, 0.1) is 0 Å². The van der Waals surface area contributed by atoms with E-state index >= 15 is 0 Å². The maximum Gasteiger partial charge on any atom is 0.418 e. The number of benzene rings is 2. The van der Waals surface area contributed by atoms with Crippen molar-refractivity contribution in [1.29, 1.82) is 0 Å². The Bertz CT molecular complexity index is 1400. The van der Waals surface area contributed by atoms with E-state index in [0.29, 0.717) is 50.3 Å². The van der Waals surface area contributed by atoms with Gasteiger partial charge in [-0.05, 0) is 63.9 Å². The second kappa shape index (κ2) is 8.86. The summed E-state index contributed by atoms with van der Waals surface area (Å²) in [6.45, 7) is 3.68. The van der Waals surface area contributed by atoms with Crippen molar-refractivity contribution in [3.05, 3.63) is 52.8 Å². The van der Waals surface area contributed by atoms with Gasteiger partial charge in [-0.25, -0.2) is 4.98 Å². The molecule has 3 heterocycles. The molecule has 202 valence electrons. The smallest absolute Gasteiger partial charge is 0.418 e. The average Bonchev–Trinajstić information content (AvgIpc) is 3.37. The third-order valence-corrected chi connectivity index (χ3v) is 8.57. The number of imidazole rings is 1. The summed E-state index contributed by atoms with van der Waals surface area (Å²) in [4.78, 5) is 19.2. The van der Waals surface area contributed by atoms with Crippen molar-refractivity contribution in [1.82, 2.24) is 14.5 Å². The average molecular weight is 549 g/mol. The number of hydrogen-bond acceptors (Lipinski definition) is 5. The molecule has 1 aliphatic carbocycles. The first kappa shape index (κ1) is 25.5. The van der Waals surface area contributed by atoms with Gasteiger partial charge in [0, 0.05) is 34.9 Å². The maximum atomic E-state index is 14.0. The van der Waals surface area contributed by atoms with Gasteiger partial charge in [0.2, 0.25) is 5.91 Å². The predicted molar refractivity (Wildman–Crippen MR) is 137 cm³/mol. The Labute approximate surface area is 222 Å². The van der Waals surface area contributed by atoms with Gasteiger partial charge >= 0.3 is 6.18 Å². The van der Waals surface area contributed by atoms with E-state index in [-0.39, 0.29) is 35.3 Å². The van der Waals surface area contributed by atoms with Crippen molar-refractivity contribution in [3.8, 4) is 5.75 Å². The summed E-state index contributed by atoms with van der Waals surface area (Å²) in [6.07, 6.45) is -1.20. The summed E-state index contributed by atoms with van der Waals surface area (Å²) in [5, 5.41) is 13.6. The number of nitrogens with one attached hydrogen (secondary N) is 1. The number of alkyl halides is 3.